The van der Waals surface area contributed by atoms with Crippen LogP contribution in [0.25, 0.3) is 11.1 Å². The van der Waals surface area contributed by atoms with E-state index in [2.05, 4.69) is 4.98 Å². The van der Waals surface area contributed by atoms with Crippen molar-refractivity contribution < 1.29 is 18.0 Å². The summed E-state index contributed by atoms with van der Waals surface area (Å²) in [7, 11) is 0. The molecule has 0 atom stereocenters. The second-order valence-corrected chi connectivity index (χ2v) is 3.60. The van der Waals surface area contributed by atoms with Gasteiger partial charge >= 0.3 is 6.18 Å². The fourth-order valence-electron chi connectivity index (χ4n) is 1.72. The van der Waals surface area contributed by atoms with Gasteiger partial charge in [0.25, 0.3) is 0 Å². The van der Waals surface area contributed by atoms with E-state index in [1.807, 2.05) is 0 Å². The van der Waals surface area contributed by atoms with E-state index in [9.17, 15) is 18.0 Å². The molecule has 0 aliphatic rings. The highest BCUT2D eigenvalue weighted by atomic mass is 19.4. The summed E-state index contributed by atoms with van der Waals surface area (Å²) >= 11 is 0. The highest BCUT2D eigenvalue weighted by Gasteiger charge is 2.37. The number of benzene rings is 1. The lowest BCUT2D eigenvalue weighted by molar-refractivity contribution is -0.137. The molecule has 2 aromatic rings. The molecule has 0 N–H and O–H groups in total. The van der Waals surface area contributed by atoms with E-state index in [0.29, 0.717) is 5.56 Å². The van der Waals surface area contributed by atoms with Gasteiger partial charge in [0.15, 0.2) is 6.29 Å². The summed E-state index contributed by atoms with van der Waals surface area (Å²) in [6.07, 6.45) is -3.30. The summed E-state index contributed by atoms with van der Waals surface area (Å²) in [5.74, 6) is 0. The average molecular weight is 251 g/mol. The third-order valence-electron chi connectivity index (χ3n) is 2.46. The van der Waals surface area contributed by atoms with Crippen molar-refractivity contribution in [2.75, 3.05) is 0 Å². The normalized spacial score (nSPS) is 11.3. The summed E-state index contributed by atoms with van der Waals surface area (Å²) in [4.78, 5) is 14.2. The molecule has 0 saturated carbocycles. The summed E-state index contributed by atoms with van der Waals surface area (Å²) < 4.78 is 38.9. The maximum atomic E-state index is 13.0. The maximum absolute atomic E-state index is 13.0. The molecule has 2 nitrogen and oxygen atoms in total. The lowest BCUT2D eigenvalue weighted by Gasteiger charge is -2.14. The second-order valence-electron chi connectivity index (χ2n) is 3.60. The Bertz CT molecular complexity index is 564. The van der Waals surface area contributed by atoms with Gasteiger partial charge in [-0.15, -0.1) is 0 Å². The molecule has 0 aliphatic carbocycles. The van der Waals surface area contributed by atoms with Crippen LogP contribution in [0.3, 0.4) is 0 Å². The first kappa shape index (κ1) is 12.3. The standard InChI is InChI=1S/C13H8F3NO/c14-13(15,16)12-10(6-7-17-11(12)8-18)9-4-2-1-3-5-9/h1-8H. The van der Waals surface area contributed by atoms with Crippen molar-refractivity contribution in [3.05, 3.63) is 53.9 Å². The quantitative estimate of drug-likeness (QED) is 0.763. The largest absolute Gasteiger partial charge is 0.419 e. The molecule has 0 spiro atoms. The van der Waals surface area contributed by atoms with Crippen LogP contribution in [0.15, 0.2) is 42.6 Å². The molecule has 5 heteroatoms. The first-order valence-electron chi connectivity index (χ1n) is 5.11. The van der Waals surface area contributed by atoms with Crippen LogP contribution in [0.1, 0.15) is 16.1 Å². The minimum absolute atomic E-state index is 0.0415. The van der Waals surface area contributed by atoms with E-state index in [1.54, 1.807) is 30.3 Å². The second kappa shape index (κ2) is 4.60. The van der Waals surface area contributed by atoms with E-state index in [1.165, 1.54) is 12.3 Å². The van der Waals surface area contributed by atoms with Crippen LogP contribution in [0.2, 0.25) is 0 Å². The first-order valence-corrected chi connectivity index (χ1v) is 5.11. The van der Waals surface area contributed by atoms with Gasteiger partial charge in [-0.05, 0) is 17.2 Å². The molecule has 2 rings (SSSR count). The van der Waals surface area contributed by atoms with Gasteiger partial charge in [0.1, 0.15) is 5.69 Å². The fourth-order valence-corrected chi connectivity index (χ4v) is 1.72. The smallest absolute Gasteiger partial charge is 0.296 e. The summed E-state index contributed by atoms with van der Waals surface area (Å²) in [6.45, 7) is 0. The highest BCUT2D eigenvalue weighted by Crippen LogP contribution is 2.38. The molecular formula is C13H8F3NO. The number of hydrogen-bond donors (Lipinski definition) is 0. The SMILES string of the molecule is O=Cc1nccc(-c2ccccc2)c1C(F)(F)F. The molecule has 0 unspecified atom stereocenters. The molecule has 0 amide bonds. The molecule has 1 heterocycles. The van der Waals surface area contributed by atoms with Crippen LogP contribution in [-0.2, 0) is 6.18 Å². The lowest BCUT2D eigenvalue weighted by Crippen LogP contribution is -2.12. The molecule has 0 saturated heterocycles. The third kappa shape index (κ3) is 2.25. The van der Waals surface area contributed by atoms with Crippen molar-refractivity contribution >= 4 is 6.29 Å². The Morgan fingerprint density at radius 3 is 2.28 bits per heavy atom. The van der Waals surface area contributed by atoms with Gasteiger partial charge in [-0.3, -0.25) is 9.78 Å². The number of pyridine rings is 1. The van der Waals surface area contributed by atoms with Crippen molar-refractivity contribution in [3.63, 3.8) is 0 Å². The van der Waals surface area contributed by atoms with E-state index in [-0.39, 0.29) is 11.8 Å². The first-order chi connectivity index (χ1) is 8.54. The Labute approximate surface area is 101 Å². The molecule has 0 fully saturated rings. The molecule has 1 aromatic heterocycles. The molecular weight excluding hydrogens is 243 g/mol. The number of alkyl halides is 3. The van der Waals surface area contributed by atoms with Gasteiger partial charge in [0, 0.05) is 6.20 Å². The Morgan fingerprint density at radius 2 is 1.72 bits per heavy atom. The number of nitrogens with zero attached hydrogens (tertiary/aromatic N) is 1. The summed E-state index contributed by atoms with van der Waals surface area (Å²) in [5.41, 5.74) is -1.23. The van der Waals surface area contributed by atoms with Gasteiger partial charge in [-0.2, -0.15) is 13.2 Å². The monoisotopic (exact) mass is 251 g/mol. The van der Waals surface area contributed by atoms with Gasteiger partial charge in [-0.1, -0.05) is 30.3 Å². The van der Waals surface area contributed by atoms with E-state index >= 15 is 0 Å². The average Bonchev–Trinajstić information content (AvgIpc) is 2.38. The Kier molecular flexibility index (Phi) is 3.14. The van der Waals surface area contributed by atoms with Crippen LogP contribution >= 0.6 is 0 Å². The predicted molar refractivity (Wildman–Crippen MR) is 60.1 cm³/mol. The number of carbonyl (C=O) groups excluding carboxylic acids is 1. The van der Waals surface area contributed by atoms with Crippen molar-refractivity contribution in [2.24, 2.45) is 0 Å². The van der Waals surface area contributed by atoms with Crippen LogP contribution in [0.4, 0.5) is 13.2 Å². The molecule has 92 valence electrons. The molecule has 0 radical (unpaired) electrons. The number of hydrogen-bond acceptors (Lipinski definition) is 2. The number of aldehydes is 1. The van der Waals surface area contributed by atoms with E-state index in [0.717, 1.165) is 0 Å². The van der Waals surface area contributed by atoms with Crippen molar-refractivity contribution in [3.8, 4) is 11.1 Å². The molecule has 1 aromatic carbocycles. The predicted octanol–water partition coefficient (Wildman–Crippen LogP) is 3.58. The molecule has 0 aliphatic heterocycles. The van der Waals surface area contributed by atoms with Crippen molar-refractivity contribution in [1.29, 1.82) is 0 Å². The minimum atomic E-state index is -4.62. The van der Waals surface area contributed by atoms with Crippen molar-refractivity contribution in [1.82, 2.24) is 4.98 Å². The van der Waals surface area contributed by atoms with Gasteiger partial charge < -0.3 is 0 Å². The van der Waals surface area contributed by atoms with Crippen LogP contribution in [0.5, 0.6) is 0 Å². The van der Waals surface area contributed by atoms with E-state index in [4.69, 9.17) is 0 Å². The highest BCUT2D eigenvalue weighted by molar-refractivity contribution is 5.81. The fraction of sp³-hybridized carbons (Fsp3) is 0.0769. The zero-order chi connectivity index (χ0) is 13.2. The topological polar surface area (TPSA) is 30.0 Å². The Hall–Kier alpha value is -2.17. The summed E-state index contributed by atoms with van der Waals surface area (Å²) in [5, 5.41) is 0. The molecule has 18 heavy (non-hydrogen) atoms. The molecule has 0 bridgehead atoms. The number of aromatic nitrogens is 1. The number of rotatable bonds is 2. The van der Waals surface area contributed by atoms with Gasteiger partial charge in [0.05, 0.1) is 5.56 Å². The van der Waals surface area contributed by atoms with Crippen LogP contribution in [-0.4, -0.2) is 11.3 Å². The van der Waals surface area contributed by atoms with E-state index < -0.39 is 17.4 Å². The Balaban J connectivity index is 2.72. The number of halogens is 3. The van der Waals surface area contributed by atoms with Gasteiger partial charge in [-0.25, -0.2) is 0 Å². The van der Waals surface area contributed by atoms with Crippen LogP contribution < -0.4 is 0 Å². The lowest BCUT2D eigenvalue weighted by atomic mass is 9.99. The number of carbonyl (C=O) groups is 1. The zero-order valence-corrected chi connectivity index (χ0v) is 9.11. The van der Waals surface area contributed by atoms with Crippen LogP contribution in [0, 0.1) is 0 Å². The Morgan fingerprint density at radius 1 is 1.06 bits per heavy atom. The maximum Gasteiger partial charge on any atom is 0.419 e. The minimum Gasteiger partial charge on any atom is -0.296 e. The zero-order valence-electron chi connectivity index (χ0n) is 9.11. The van der Waals surface area contributed by atoms with Gasteiger partial charge in [0.2, 0.25) is 0 Å². The van der Waals surface area contributed by atoms with Crippen molar-refractivity contribution in [2.45, 2.75) is 6.18 Å². The summed E-state index contributed by atoms with van der Waals surface area (Å²) in [6, 6.07) is 9.34. The third-order valence-corrected chi connectivity index (χ3v) is 2.46.